The van der Waals surface area contributed by atoms with Crippen molar-refractivity contribution in [3.63, 3.8) is 0 Å². The predicted octanol–water partition coefficient (Wildman–Crippen LogP) is 3.98. The highest BCUT2D eigenvalue weighted by Crippen LogP contribution is 2.32. The summed E-state index contributed by atoms with van der Waals surface area (Å²) >= 11 is 6.09. The molecule has 9 heteroatoms. The highest BCUT2D eigenvalue weighted by atomic mass is 35.5. The van der Waals surface area contributed by atoms with Gasteiger partial charge in [0.15, 0.2) is 0 Å². The van der Waals surface area contributed by atoms with Gasteiger partial charge in [0.2, 0.25) is 0 Å². The SMILES string of the molecule is Cc1ccc(C(=O)N/N=C\c2ccc(-c3cc([N+](=O)[O-])ccc3Cl)o2)cn1. The number of nitrogens with one attached hydrogen (secondary N) is 1. The fraction of sp³-hybridized carbons (Fsp3) is 0.0556. The number of benzene rings is 1. The molecule has 0 saturated carbocycles. The summed E-state index contributed by atoms with van der Waals surface area (Å²) in [6.45, 7) is 1.82. The van der Waals surface area contributed by atoms with E-state index in [-0.39, 0.29) is 5.69 Å². The fourth-order valence-electron chi connectivity index (χ4n) is 2.20. The van der Waals surface area contributed by atoms with Crippen LogP contribution in [0, 0.1) is 17.0 Å². The molecule has 0 radical (unpaired) electrons. The predicted molar refractivity (Wildman–Crippen MR) is 99.8 cm³/mol. The Hall–Kier alpha value is -3.52. The number of nitrogens with zero attached hydrogens (tertiary/aromatic N) is 3. The number of nitro benzene ring substituents is 1. The van der Waals surface area contributed by atoms with Gasteiger partial charge in [-0.3, -0.25) is 19.9 Å². The Morgan fingerprint density at radius 2 is 2.11 bits per heavy atom. The maximum absolute atomic E-state index is 11.9. The van der Waals surface area contributed by atoms with Gasteiger partial charge in [0, 0.05) is 29.6 Å². The van der Waals surface area contributed by atoms with E-state index in [0.717, 1.165) is 5.69 Å². The molecule has 0 atom stereocenters. The maximum atomic E-state index is 11.9. The molecule has 0 aliphatic rings. The first-order chi connectivity index (χ1) is 12.9. The number of furan rings is 1. The van der Waals surface area contributed by atoms with Crippen LogP contribution < -0.4 is 5.43 Å². The van der Waals surface area contributed by atoms with Crippen molar-refractivity contribution in [1.29, 1.82) is 0 Å². The summed E-state index contributed by atoms with van der Waals surface area (Å²) in [5.41, 5.74) is 3.84. The molecule has 3 rings (SSSR count). The molecule has 2 heterocycles. The third-order valence-corrected chi connectivity index (χ3v) is 3.91. The summed E-state index contributed by atoms with van der Waals surface area (Å²) in [5.74, 6) is 0.279. The van der Waals surface area contributed by atoms with Crippen molar-refractivity contribution in [2.75, 3.05) is 0 Å². The molecule has 0 aliphatic heterocycles. The molecule has 1 aromatic carbocycles. The summed E-state index contributed by atoms with van der Waals surface area (Å²) in [5, 5.41) is 15.1. The zero-order chi connectivity index (χ0) is 19.4. The highest BCUT2D eigenvalue weighted by molar-refractivity contribution is 6.33. The third-order valence-electron chi connectivity index (χ3n) is 3.58. The Morgan fingerprint density at radius 3 is 2.81 bits per heavy atom. The molecule has 1 amide bonds. The summed E-state index contributed by atoms with van der Waals surface area (Å²) in [6.07, 6.45) is 2.77. The standard InChI is InChI=1S/C18H13ClN4O4/c1-11-2-3-12(9-20-11)18(24)22-21-10-14-5-7-17(27-14)15-8-13(23(25)26)4-6-16(15)19/h2-10H,1H3,(H,22,24)/b21-10-. The minimum absolute atomic E-state index is 0.0972. The number of aryl methyl sites for hydroxylation is 1. The molecule has 8 nitrogen and oxygen atoms in total. The third kappa shape index (κ3) is 4.36. The van der Waals surface area contributed by atoms with Crippen molar-refractivity contribution in [3.05, 3.63) is 80.8 Å². The zero-order valence-corrected chi connectivity index (χ0v) is 14.8. The number of amides is 1. The number of non-ortho nitro benzene ring substituents is 1. The van der Waals surface area contributed by atoms with Gasteiger partial charge in [-0.05, 0) is 37.3 Å². The molecule has 0 saturated heterocycles. The van der Waals surface area contributed by atoms with Crippen LogP contribution in [0.3, 0.4) is 0 Å². The van der Waals surface area contributed by atoms with Crippen LogP contribution in [0.25, 0.3) is 11.3 Å². The number of carbonyl (C=O) groups excluding carboxylic acids is 1. The fourth-order valence-corrected chi connectivity index (χ4v) is 2.41. The van der Waals surface area contributed by atoms with E-state index in [9.17, 15) is 14.9 Å². The van der Waals surface area contributed by atoms with Gasteiger partial charge in [-0.15, -0.1) is 0 Å². The van der Waals surface area contributed by atoms with Gasteiger partial charge < -0.3 is 4.42 Å². The van der Waals surface area contributed by atoms with Gasteiger partial charge in [0.1, 0.15) is 11.5 Å². The quantitative estimate of drug-likeness (QED) is 0.406. The monoisotopic (exact) mass is 384 g/mol. The Bertz CT molecular complexity index is 1030. The maximum Gasteiger partial charge on any atom is 0.272 e. The van der Waals surface area contributed by atoms with Gasteiger partial charge in [-0.25, -0.2) is 5.43 Å². The first-order valence-corrected chi connectivity index (χ1v) is 8.12. The minimum Gasteiger partial charge on any atom is -0.455 e. The van der Waals surface area contributed by atoms with Crippen LogP contribution in [-0.2, 0) is 0 Å². The Balaban J connectivity index is 1.72. The average molecular weight is 385 g/mol. The molecule has 0 aliphatic carbocycles. The average Bonchev–Trinajstić information content (AvgIpc) is 3.11. The molecule has 2 aromatic heterocycles. The number of nitro groups is 1. The van der Waals surface area contributed by atoms with Crippen LogP contribution in [0.4, 0.5) is 5.69 Å². The summed E-state index contributed by atoms with van der Waals surface area (Å²) in [7, 11) is 0. The van der Waals surface area contributed by atoms with Crippen molar-refractivity contribution in [3.8, 4) is 11.3 Å². The highest BCUT2D eigenvalue weighted by Gasteiger charge is 2.14. The lowest BCUT2D eigenvalue weighted by Gasteiger charge is -2.00. The first kappa shape index (κ1) is 18.3. The number of hydrogen-bond donors (Lipinski definition) is 1. The lowest BCUT2D eigenvalue weighted by atomic mass is 10.1. The Labute approximate surface area is 158 Å². The number of rotatable bonds is 5. The molecule has 0 bridgehead atoms. The molecule has 0 unspecified atom stereocenters. The number of pyridine rings is 1. The van der Waals surface area contributed by atoms with Gasteiger partial charge in [-0.1, -0.05) is 11.6 Å². The van der Waals surface area contributed by atoms with E-state index < -0.39 is 10.8 Å². The molecule has 136 valence electrons. The van der Waals surface area contributed by atoms with Gasteiger partial charge in [-0.2, -0.15) is 5.10 Å². The number of hydrazone groups is 1. The van der Waals surface area contributed by atoms with Crippen LogP contribution in [0.2, 0.25) is 5.02 Å². The summed E-state index contributed by atoms with van der Waals surface area (Å²) in [4.78, 5) is 26.4. The number of halogens is 1. The van der Waals surface area contributed by atoms with Gasteiger partial charge >= 0.3 is 0 Å². The van der Waals surface area contributed by atoms with Crippen LogP contribution in [0.15, 0.2) is 58.2 Å². The van der Waals surface area contributed by atoms with Gasteiger partial charge in [0.25, 0.3) is 11.6 Å². The molecule has 3 aromatic rings. The van der Waals surface area contributed by atoms with Crippen LogP contribution >= 0.6 is 11.6 Å². The lowest BCUT2D eigenvalue weighted by molar-refractivity contribution is -0.384. The van der Waals surface area contributed by atoms with E-state index in [1.165, 1.54) is 30.6 Å². The Kier molecular flexibility index (Phi) is 5.28. The Morgan fingerprint density at radius 1 is 1.30 bits per heavy atom. The normalized spacial score (nSPS) is 10.9. The van der Waals surface area contributed by atoms with Crippen molar-refractivity contribution in [1.82, 2.24) is 10.4 Å². The smallest absolute Gasteiger partial charge is 0.272 e. The van der Waals surface area contributed by atoms with Crippen molar-refractivity contribution in [2.24, 2.45) is 5.10 Å². The lowest BCUT2D eigenvalue weighted by Crippen LogP contribution is -2.17. The van der Waals surface area contributed by atoms with E-state index in [1.807, 2.05) is 6.92 Å². The van der Waals surface area contributed by atoms with E-state index in [1.54, 1.807) is 24.3 Å². The van der Waals surface area contributed by atoms with E-state index in [0.29, 0.717) is 27.7 Å². The van der Waals surface area contributed by atoms with E-state index in [4.69, 9.17) is 16.0 Å². The number of aromatic nitrogens is 1. The first-order valence-electron chi connectivity index (χ1n) is 7.74. The molecule has 1 N–H and O–H groups in total. The second kappa shape index (κ2) is 7.79. The zero-order valence-electron chi connectivity index (χ0n) is 14.0. The summed E-state index contributed by atoms with van der Waals surface area (Å²) < 4.78 is 5.57. The summed E-state index contributed by atoms with van der Waals surface area (Å²) in [6, 6.07) is 10.6. The minimum atomic E-state index is -0.513. The van der Waals surface area contributed by atoms with Crippen molar-refractivity contribution >= 4 is 29.4 Å². The van der Waals surface area contributed by atoms with Crippen molar-refractivity contribution in [2.45, 2.75) is 6.92 Å². The largest absolute Gasteiger partial charge is 0.455 e. The molecule has 0 fully saturated rings. The van der Waals surface area contributed by atoms with Gasteiger partial charge in [0.05, 0.1) is 21.7 Å². The molecular formula is C18H13ClN4O4. The molecule has 27 heavy (non-hydrogen) atoms. The number of carbonyl (C=O) groups is 1. The molecule has 0 spiro atoms. The topological polar surface area (TPSA) is 111 Å². The molecular weight excluding hydrogens is 372 g/mol. The van der Waals surface area contributed by atoms with Crippen LogP contribution in [0.1, 0.15) is 21.8 Å². The van der Waals surface area contributed by atoms with E-state index >= 15 is 0 Å². The van der Waals surface area contributed by atoms with Crippen LogP contribution in [0.5, 0.6) is 0 Å². The van der Waals surface area contributed by atoms with E-state index in [2.05, 4.69) is 15.5 Å². The second-order valence-electron chi connectivity index (χ2n) is 5.51. The van der Waals surface area contributed by atoms with Crippen LogP contribution in [-0.4, -0.2) is 22.0 Å². The van der Waals surface area contributed by atoms with Crippen molar-refractivity contribution < 1.29 is 14.1 Å². The number of hydrogen-bond acceptors (Lipinski definition) is 6. The second-order valence-corrected chi connectivity index (χ2v) is 5.92.